The number of nitrogens with zero attached hydrogens (tertiary/aromatic N) is 1. The number of anilines is 1. The van der Waals surface area contributed by atoms with Crippen LogP contribution in [0.15, 0.2) is 72.6 Å². The number of aryl methyl sites for hydroxylation is 1. The Morgan fingerprint density at radius 3 is 2.81 bits per heavy atom. The lowest BCUT2D eigenvalue weighted by molar-refractivity contribution is -0.111. The van der Waals surface area contributed by atoms with Crippen LogP contribution in [0.5, 0.6) is 5.75 Å². The molecule has 1 heterocycles. The smallest absolute Gasteiger partial charge is 0.253 e. The van der Waals surface area contributed by atoms with E-state index in [1.54, 1.807) is 47.8 Å². The molecule has 1 aromatic heterocycles. The minimum Gasteiger partial charge on any atom is -0.487 e. The first-order chi connectivity index (χ1) is 15.0. The molecule has 0 fully saturated rings. The second kappa shape index (κ2) is 10.9. The van der Waals surface area contributed by atoms with E-state index in [9.17, 15) is 9.59 Å². The number of para-hydroxylation sites is 1. The molecule has 6 nitrogen and oxygen atoms in total. The first-order valence-electron chi connectivity index (χ1n) is 9.66. The number of aromatic nitrogens is 1. The van der Waals surface area contributed by atoms with Gasteiger partial charge in [-0.2, -0.15) is 0 Å². The van der Waals surface area contributed by atoms with Crippen LogP contribution in [0.4, 0.5) is 5.69 Å². The molecule has 3 rings (SSSR count). The third kappa shape index (κ3) is 6.65. The molecule has 7 heteroatoms. The van der Waals surface area contributed by atoms with Gasteiger partial charge in [-0.1, -0.05) is 30.3 Å². The summed E-state index contributed by atoms with van der Waals surface area (Å²) in [6.07, 6.45) is 4.70. The molecule has 0 saturated carbocycles. The molecule has 31 heavy (non-hydrogen) atoms. The van der Waals surface area contributed by atoms with Crippen molar-refractivity contribution < 1.29 is 14.3 Å². The molecule has 0 atom stereocenters. The predicted octanol–water partition coefficient (Wildman–Crippen LogP) is 4.60. The normalized spacial score (nSPS) is 10.6. The van der Waals surface area contributed by atoms with Crippen molar-refractivity contribution in [2.75, 3.05) is 11.9 Å². The number of nitrogens with one attached hydrogen (secondary N) is 2. The fourth-order valence-electron chi connectivity index (χ4n) is 2.74. The Kier molecular flexibility index (Phi) is 7.73. The lowest BCUT2D eigenvalue weighted by atomic mass is 10.1. The monoisotopic (exact) mass is 433 g/mol. The van der Waals surface area contributed by atoms with Gasteiger partial charge in [0.2, 0.25) is 5.91 Å². The summed E-state index contributed by atoms with van der Waals surface area (Å²) in [4.78, 5) is 29.0. The van der Waals surface area contributed by atoms with Crippen molar-refractivity contribution in [2.45, 2.75) is 13.5 Å². The van der Waals surface area contributed by atoms with Gasteiger partial charge < -0.3 is 15.4 Å². The van der Waals surface area contributed by atoms with Gasteiger partial charge in [0, 0.05) is 18.0 Å². The van der Waals surface area contributed by atoms with Crippen molar-refractivity contribution >= 4 is 34.9 Å². The maximum absolute atomic E-state index is 12.4. The number of thiazole rings is 1. The molecule has 0 aliphatic heterocycles. The van der Waals surface area contributed by atoms with Crippen LogP contribution in [0.3, 0.4) is 0 Å². The molecule has 0 spiro atoms. The molecule has 0 radical (unpaired) electrons. The molecule has 2 N–H and O–H groups in total. The molecule has 0 aliphatic rings. The average Bonchev–Trinajstić information content (AvgIpc) is 3.20. The number of rotatable bonds is 9. The van der Waals surface area contributed by atoms with E-state index in [0.29, 0.717) is 30.2 Å². The van der Waals surface area contributed by atoms with Gasteiger partial charge in [0.1, 0.15) is 12.4 Å². The summed E-state index contributed by atoms with van der Waals surface area (Å²) in [6.45, 7) is 6.27. The molecule has 2 amide bonds. The third-order valence-corrected chi connectivity index (χ3v) is 5.00. The highest BCUT2D eigenvalue weighted by Gasteiger charge is 2.11. The zero-order valence-electron chi connectivity index (χ0n) is 17.1. The maximum atomic E-state index is 12.4. The summed E-state index contributed by atoms with van der Waals surface area (Å²) in [7, 11) is 0. The lowest BCUT2D eigenvalue weighted by Crippen LogP contribution is -2.24. The van der Waals surface area contributed by atoms with Crippen LogP contribution in [0, 0.1) is 6.92 Å². The number of hydrogen-bond donors (Lipinski definition) is 2. The number of benzene rings is 2. The topological polar surface area (TPSA) is 80.3 Å². The van der Waals surface area contributed by atoms with Crippen molar-refractivity contribution in [3.63, 3.8) is 0 Å². The number of amides is 2. The van der Waals surface area contributed by atoms with Crippen LogP contribution in [-0.4, -0.2) is 23.3 Å². The zero-order valence-corrected chi connectivity index (χ0v) is 17.9. The van der Waals surface area contributed by atoms with Crippen LogP contribution in [0.1, 0.15) is 26.6 Å². The molecule has 2 aromatic carbocycles. The highest BCUT2D eigenvalue weighted by molar-refractivity contribution is 7.09. The summed E-state index contributed by atoms with van der Waals surface area (Å²) < 4.78 is 5.78. The summed E-state index contributed by atoms with van der Waals surface area (Å²) in [5.41, 5.74) is 2.53. The summed E-state index contributed by atoms with van der Waals surface area (Å²) in [5, 5.41) is 8.43. The van der Waals surface area contributed by atoms with Crippen LogP contribution in [0.25, 0.3) is 6.08 Å². The molecular formula is C24H23N3O3S. The van der Waals surface area contributed by atoms with E-state index in [-0.39, 0.29) is 11.8 Å². The van der Waals surface area contributed by atoms with Gasteiger partial charge in [-0.05, 0) is 42.8 Å². The molecule has 0 unspecified atom stereocenters. The van der Waals surface area contributed by atoms with Crippen molar-refractivity contribution in [2.24, 2.45) is 0 Å². The van der Waals surface area contributed by atoms with Gasteiger partial charge in [0.05, 0.1) is 22.0 Å². The largest absolute Gasteiger partial charge is 0.487 e. The lowest BCUT2D eigenvalue weighted by Gasteiger charge is -2.09. The van der Waals surface area contributed by atoms with Gasteiger partial charge in [-0.3, -0.25) is 9.59 Å². The van der Waals surface area contributed by atoms with Crippen molar-refractivity contribution in [1.82, 2.24) is 10.3 Å². The zero-order chi connectivity index (χ0) is 22.1. The Morgan fingerprint density at radius 2 is 2.03 bits per heavy atom. The second-order valence-electron chi connectivity index (χ2n) is 6.59. The Balaban J connectivity index is 1.61. The van der Waals surface area contributed by atoms with E-state index in [2.05, 4.69) is 22.2 Å². The first-order valence-corrected chi connectivity index (χ1v) is 10.5. The van der Waals surface area contributed by atoms with E-state index in [0.717, 1.165) is 16.3 Å². The Morgan fingerprint density at radius 1 is 1.19 bits per heavy atom. The third-order valence-electron chi connectivity index (χ3n) is 4.18. The number of carbonyl (C=O) groups excluding carboxylic acids is 2. The van der Waals surface area contributed by atoms with Gasteiger partial charge in [-0.15, -0.1) is 17.9 Å². The van der Waals surface area contributed by atoms with Crippen molar-refractivity contribution in [1.29, 1.82) is 0 Å². The minimum absolute atomic E-state index is 0.278. The van der Waals surface area contributed by atoms with Gasteiger partial charge in [-0.25, -0.2) is 4.98 Å². The fourth-order valence-corrected chi connectivity index (χ4v) is 3.33. The van der Waals surface area contributed by atoms with Crippen molar-refractivity contribution in [3.8, 4) is 5.75 Å². The standard InChI is InChI=1S/C24H23N3O3S/c1-3-13-25-24(29)21-9-4-5-10-22(21)27-23(28)12-11-18-7-6-8-20(14-18)30-15-19-16-31-17(2)26-19/h3-12,14,16H,1,13,15H2,2H3,(H,25,29)(H,27,28)/b12-11+. The van der Waals surface area contributed by atoms with Gasteiger partial charge in [0.15, 0.2) is 0 Å². The average molecular weight is 434 g/mol. The van der Waals surface area contributed by atoms with Crippen LogP contribution in [0.2, 0.25) is 0 Å². The Bertz CT molecular complexity index is 1100. The van der Waals surface area contributed by atoms with E-state index in [1.807, 2.05) is 36.6 Å². The SMILES string of the molecule is C=CCNC(=O)c1ccccc1NC(=O)/C=C/c1cccc(OCc2csc(C)n2)c1. The Labute approximate surface area is 185 Å². The second-order valence-corrected chi connectivity index (χ2v) is 7.65. The quantitative estimate of drug-likeness (QED) is 0.382. The van der Waals surface area contributed by atoms with Crippen LogP contribution < -0.4 is 15.4 Å². The summed E-state index contributed by atoms with van der Waals surface area (Å²) in [5.74, 6) is 0.0747. The number of carbonyl (C=O) groups is 2. The predicted molar refractivity (Wildman–Crippen MR) is 124 cm³/mol. The number of ether oxygens (including phenoxy) is 1. The molecule has 0 aliphatic carbocycles. The summed E-state index contributed by atoms with van der Waals surface area (Å²) >= 11 is 1.58. The van der Waals surface area contributed by atoms with Gasteiger partial charge >= 0.3 is 0 Å². The van der Waals surface area contributed by atoms with E-state index < -0.39 is 0 Å². The fraction of sp³-hybridized carbons (Fsp3) is 0.125. The first kappa shape index (κ1) is 22.0. The van der Waals surface area contributed by atoms with E-state index in [4.69, 9.17) is 4.74 Å². The highest BCUT2D eigenvalue weighted by atomic mass is 32.1. The molecule has 0 saturated heterocycles. The van der Waals surface area contributed by atoms with E-state index >= 15 is 0 Å². The van der Waals surface area contributed by atoms with Crippen molar-refractivity contribution in [3.05, 3.63) is 94.5 Å². The van der Waals surface area contributed by atoms with E-state index in [1.165, 1.54) is 6.08 Å². The summed E-state index contributed by atoms with van der Waals surface area (Å²) in [6, 6.07) is 14.3. The Hall–Kier alpha value is -3.71. The highest BCUT2D eigenvalue weighted by Crippen LogP contribution is 2.18. The molecule has 3 aromatic rings. The number of hydrogen-bond acceptors (Lipinski definition) is 5. The maximum Gasteiger partial charge on any atom is 0.253 e. The van der Waals surface area contributed by atoms with Crippen LogP contribution >= 0.6 is 11.3 Å². The molecule has 0 bridgehead atoms. The minimum atomic E-state index is -0.340. The van der Waals surface area contributed by atoms with Crippen LogP contribution in [-0.2, 0) is 11.4 Å². The molecular weight excluding hydrogens is 410 g/mol. The molecule has 158 valence electrons. The van der Waals surface area contributed by atoms with Gasteiger partial charge in [0.25, 0.3) is 5.91 Å².